The van der Waals surface area contributed by atoms with Crippen molar-refractivity contribution in [2.24, 2.45) is 0 Å². The van der Waals surface area contributed by atoms with Crippen LogP contribution in [0, 0.1) is 0 Å². The van der Waals surface area contributed by atoms with E-state index in [0.29, 0.717) is 11.4 Å². The number of amides is 3. The Morgan fingerprint density at radius 3 is 2.69 bits per heavy atom. The standard InChI is InChI=1S/C19H17ClF3N3O3/c1-29-14-4-2-3-13(9-14)26-10-12(8-17(26)27)24-18(28)25-16-7-11(19(21,22)23)5-6-15(16)20/h2-7,9,12H,8,10H2,1H3,(H2,24,25,28). The number of methoxy groups -OCH3 is 1. The number of hydrogen-bond donors (Lipinski definition) is 2. The number of nitrogens with zero attached hydrogens (tertiary/aromatic N) is 1. The summed E-state index contributed by atoms with van der Waals surface area (Å²) < 4.78 is 43.7. The van der Waals surface area contributed by atoms with Gasteiger partial charge in [-0.05, 0) is 30.3 Å². The summed E-state index contributed by atoms with van der Waals surface area (Å²) in [7, 11) is 1.51. The normalized spacial score (nSPS) is 16.7. The van der Waals surface area contributed by atoms with E-state index in [-0.39, 0.29) is 29.6 Å². The first-order valence-corrected chi connectivity index (χ1v) is 8.94. The number of benzene rings is 2. The van der Waals surface area contributed by atoms with Gasteiger partial charge in [0.25, 0.3) is 0 Å². The summed E-state index contributed by atoms with van der Waals surface area (Å²) in [6.07, 6.45) is -4.51. The molecule has 1 atom stereocenters. The molecule has 2 aromatic rings. The SMILES string of the molecule is COc1cccc(N2CC(NC(=O)Nc3cc(C(F)(F)F)ccc3Cl)CC2=O)c1. The summed E-state index contributed by atoms with van der Waals surface area (Å²) in [5, 5.41) is 4.86. The molecule has 0 spiro atoms. The van der Waals surface area contributed by atoms with Crippen molar-refractivity contribution in [2.75, 3.05) is 23.9 Å². The van der Waals surface area contributed by atoms with Crippen molar-refractivity contribution in [1.82, 2.24) is 5.32 Å². The molecule has 0 bridgehead atoms. The lowest BCUT2D eigenvalue weighted by molar-refractivity contribution is -0.137. The minimum absolute atomic E-state index is 0.0337. The number of carbonyl (C=O) groups excluding carboxylic acids is 2. The van der Waals surface area contributed by atoms with E-state index < -0.39 is 23.8 Å². The van der Waals surface area contributed by atoms with Crippen LogP contribution < -0.4 is 20.3 Å². The van der Waals surface area contributed by atoms with E-state index in [1.807, 2.05) is 0 Å². The maximum atomic E-state index is 12.8. The number of ether oxygens (including phenoxy) is 1. The van der Waals surface area contributed by atoms with Gasteiger partial charge in [-0.15, -0.1) is 0 Å². The molecule has 0 aliphatic carbocycles. The lowest BCUT2D eigenvalue weighted by Gasteiger charge is -2.18. The maximum absolute atomic E-state index is 12.8. The fourth-order valence-electron chi connectivity index (χ4n) is 2.97. The lowest BCUT2D eigenvalue weighted by atomic mass is 10.2. The molecule has 1 heterocycles. The number of alkyl halides is 3. The molecule has 1 aliphatic heterocycles. The Morgan fingerprint density at radius 2 is 2.00 bits per heavy atom. The van der Waals surface area contributed by atoms with Crippen LogP contribution in [0.4, 0.5) is 29.3 Å². The second kappa shape index (κ2) is 8.20. The van der Waals surface area contributed by atoms with Gasteiger partial charge in [-0.2, -0.15) is 13.2 Å². The molecular formula is C19H17ClF3N3O3. The predicted molar refractivity (Wildman–Crippen MR) is 102 cm³/mol. The van der Waals surface area contributed by atoms with Crippen LogP contribution in [-0.4, -0.2) is 31.6 Å². The first kappa shape index (κ1) is 20.8. The van der Waals surface area contributed by atoms with Crippen LogP contribution in [0.2, 0.25) is 5.02 Å². The first-order chi connectivity index (χ1) is 13.7. The lowest BCUT2D eigenvalue weighted by Crippen LogP contribution is -2.39. The molecule has 0 saturated carbocycles. The number of rotatable bonds is 4. The van der Waals surface area contributed by atoms with Crippen molar-refractivity contribution < 1.29 is 27.5 Å². The molecule has 1 fully saturated rings. The van der Waals surface area contributed by atoms with E-state index in [1.54, 1.807) is 24.3 Å². The first-order valence-electron chi connectivity index (χ1n) is 8.56. The molecule has 1 aliphatic rings. The molecule has 29 heavy (non-hydrogen) atoms. The van der Waals surface area contributed by atoms with Crippen LogP contribution >= 0.6 is 11.6 Å². The van der Waals surface area contributed by atoms with Gasteiger partial charge in [0.2, 0.25) is 5.91 Å². The Labute approximate surface area is 169 Å². The number of anilines is 2. The summed E-state index contributed by atoms with van der Waals surface area (Å²) in [6, 6.07) is 8.29. The molecule has 1 unspecified atom stereocenters. The molecule has 3 rings (SSSR count). The van der Waals surface area contributed by atoms with E-state index in [9.17, 15) is 22.8 Å². The minimum Gasteiger partial charge on any atom is -0.497 e. The van der Waals surface area contributed by atoms with Crippen molar-refractivity contribution >= 4 is 34.9 Å². The number of nitrogens with one attached hydrogen (secondary N) is 2. The molecule has 6 nitrogen and oxygen atoms in total. The van der Waals surface area contributed by atoms with E-state index in [2.05, 4.69) is 10.6 Å². The zero-order valence-corrected chi connectivity index (χ0v) is 16.0. The monoisotopic (exact) mass is 427 g/mol. The van der Waals surface area contributed by atoms with Gasteiger partial charge >= 0.3 is 12.2 Å². The molecule has 1 saturated heterocycles. The average Bonchev–Trinajstić information content (AvgIpc) is 3.02. The van der Waals surface area contributed by atoms with Gasteiger partial charge < -0.3 is 20.3 Å². The third kappa shape index (κ3) is 4.92. The van der Waals surface area contributed by atoms with Gasteiger partial charge in [0, 0.05) is 24.7 Å². The summed E-state index contributed by atoms with van der Waals surface area (Å²) in [6.45, 7) is 0.218. The Hall–Kier alpha value is -2.94. The highest BCUT2D eigenvalue weighted by atomic mass is 35.5. The Balaban J connectivity index is 1.65. The third-order valence-electron chi connectivity index (χ3n) is 4.37. The van der Waals surface area contributed by atoms with E-state index in [0.717, 1.165) is 18.2 Å². The molecule has 2 aromatic carbocycles. The molecule has 10 heteroatoms. The van der Waals surface area contributed by atoms with Crippen molar-refractivity contribution in [2.45, 2.75) is 18.6 Å². The van der Waals surface area contributed by atoms with Crippen LogP contribution in [0.25, 0.3) is 0 Å². The van der Waals surface area contributed by atoms with E-state index in [4.69, 9.17) is 16.3 Å². The zero-order chi connectivity index (χ0) is 21.2. The number of urea groups is 1. The fraction of sp³-hybridized carbons (Fsp3) is 0.263. The number of carbonyl (C=O) groups is 2. The Bertz CT molecular complexity index is 936. The predicted octanol–water partition coefficient (Wildman–Crippen LogP) is 4.29. The summed E-state index contributed by atoms with van der Waals surface area (Å²) in [5.41, 5.74) is -0.481. The van der Waals surface area contributed by atoms with Crippen LogP contribution in [0.1, 0.15) is 12.0 Å². The maximum Gasteiger partial charge on any atom is 0.416 e. The average molecular weight is 428 g/mol. The molecule has 3 amide bonds. The fourth-order valence-corrected chi connectivity index (χ4v) is 3.14. The summed E-state index contributed by atoms with van der Waals surface area (Å²) in [4.78, 5) is 26.0. The van der Waals surface area contributed by atoms with Crippen molar-refractivity contribution in [3.05, 3.63) is 53.1 Å². The van der Waals surface area contributed by atoms with E-state index in [1.165, 1.54) is 12.0 Å². The highest BCUT2D eigenvalue weighted by Gasteiger charge is 2.33. The number of hydrogen-bond acceptors (Lipinski definition) is 3. The molecule has 0 aromatic heterocycles. The quantitative estimate of drug-likeness (QED) is 0.764. The Morgan fingerprint density at radius 1 is 1.24 bits per heavy atom. The van der Waals surface area contributed by atoms with Gasteiger partial charge in [-0.1, -0.05) is 17.7 Å². The minimum atomic E-state index is -4.56. The molecular weight excluding hydrogens is 411 g/mol. The topological polar surface area (TPSA) is 70.7 Å². The summed E-state index contributed by atoms with van der Waals surface area (Å²) in [5.74, 6) is 0.393. The van der Waals surface area contributed by atoms with E-state index >= 15 is 0 Å². The molecule has 154 valence electrons. The second-order valence-corrected chi connectivity index (χ2v) is 6.80. The van der Waals surface area contributed by atoms with Crippen molar-refractivity contribution in [3.8, 4) is 5.75 Å². The number of halogens is 4. The van der Waals surface area contributed by atoms with Gasteiger partial charge in [-0.25, -0.2) is 4.79 Å². The highest BCUT2D eigenvalue weighted by Crippen LogP contribution is 2.34. The van der Waals surface area contributed by atoms with Gasteiger partial charge in [-0.3, -0.25) is 4.79 Å². The second-order valence-electron chi connectivity index (χ2n) is 6.40. The van der Waals surface area contributed by atoms with Crippen molar-refractivity contribution in [1.29, 1.82) is 0 Å². The van der Waals surface area contributed by atoms with Crippen LogP contribution in [-0.2, 0) is 11.0 Å². The largest absolute Gasteiger partial charge is 0.497 e. The summed E-state index contributed by atoms with van der Waals surface area (Å²) >= 11 is 5.88. The zero-order valence-electron chi connectivity index (χ0n) is 15.2. The van der Waals surface area contributed by atoms with Crippen LogP contribution in [0.5, 0.6) is 5.75 Å². The van der Waals surface area contributed by atoms with Crippen LogP contribution in [0.15, 0.2) is 42.5 Å². The van der Waals surface area contributed by atoms with Gasteiger partial charge in [0.05, 0.1) is 29.4 Å². The molecule has 2 N–H and O–H groups in total. The smallest absolute Gasteiger partial charge is 0.416 e. The highest BCUT2D eigenvalue weighted by molar-refractivity contribution is 6.33. The Kier molecular flexibility index (Phi) is 5.88. The van der Waals surface area contributed by atoms with Gasteiger partial charge in [0.15, 0.2) is 0 Å². The third-order valence-corrected chi connectivity index (χ3v) is 4.70. The van der Waals surface area contributed by atoms with Gasteiger partial charge in [0.1, 0.15) is 5.75 Å². The van der Waals surface area contributed by atoms with Crippen molar-refractivity contribution in [3.63, 3.8) is 0 Å². The van der Waals surface area contributed by atoms with Crippen LogP contribution in [0.3, 0.4) is 0 Å². The molecule has 0 radical (unpaired) electrons.